The summed E-state index contributed by atoms with van der Waals surface area (Å²) in [4.78, 5) is 18.7. The number of pyridine rings is 1. The van der Waals surface area contributed by atoms with E-state index in [1.807, 2.05) is 4.90 Å². The molecule has 2 heterocycles. The third-order valence-electron chi connectivity index (χ3n) is 4.54. The Morgan fingerprint density at radius 2 is 1.91 bits per heavy atom. The lowest BCUT2D eigenvalue weighted by molar-refractivity contribution is 0.0690. The fraction of sp³-hybridized carbons (Fsp3) is 0.368. The predicted octanol–water partition coefficient (Wildman–Crippen LogP) is 2.64. The predicted molar refractivity (Wildman–Crippen MR) is 90.9 cm³/mol. The minimum atomic E-state index is 0.0975. The number of carbonyl (C=O) groups is 1. The summed E-state index contributed by atoms with van der Waals surface area (Å²) in [5, 5.41) is 0. The summed E-state index contributed by atoms with van der Waals surface area (Å²) in [6, 6.07) is 14.2. The summed E-state index contributed by atoms with van der Waals surface area (Å²) < 4.78 is 0. The fourth-order valence-corrected chi connectivity index (χ4v) is 3.19. The third kappa shape index (κ3) is 3.96. The minimum Gasteiger partial charge on any atom is -0.339 e. The fourth-order valence-electron chi connectivity index (χ4n) is 3.19. The molecule has 2 aromatic rings. The lowest BCUT2D eigenvalue weighted by Gasteiger charge is -2.32. The van der Waals surface area contributed by atoms with Gasteiger partial charge in [-0.3, -0.25) is 9.78 Å². The van der Waals surface area contributed by atoms with Crippen molar-refractivity contribution in [3.8, 4) is 0 Å². The Morgan fingerprint density at radius 1 is 1.17 bits per heavy atom. The van der Waals surface area contributed by atoms with Crippen LogP contribution in [0.3, 0.4) is 0 Å². The van der Waals surface area contributed by atoms with Gasteiger partial charge in [-0.1, -0.05) is 30.3 Å². The molecule has 2 N–H and O–H groups in total. The van der Waals surface area contributed by atoms with Gasteiger partial charge >= 0.3 is 0 Å². The molecule has 1 saturated heterocycles. The molecule has 1 aromatic heterocycles. The number of hydrogen-bond donors (Lipinski definition) is 1. The molecule has 0 radical (unpaired) electrons. The number of benzene rings is 1. The molecule has 0 bridgehead atoms. The number of nitrogens with two attached hydrogens (primary N) is 1. The molecule has 1 aliphatic rings. The number of carbonyl (C=O) groups excluding carboxylic acids is 1. The number of rotatable bonds is 4. The normalized spacial score (nSPS) is 15.6. The summed E-state index contributed by atoms with van der Waals surface area (Å²) in [6.07, 6.45) is 4.90. The van der Waals surface area contributed by atoms with Gasteiger partial charge in [-0.2, -0.15) is 0 Å². The second-order valence-electron chi connectivity index (χ2n) is 6.17. The highest BCUT2D eigenvalue weighted by Crippen LogP contribution is 2.22. The highest BCUT2D eigenvalue weighted by atomic mass is 16.2. The zero-order valence-corrected chi connectivity index (χ0v) is 13.3. The van der Waals surface area contributed by atoms with Gasteiger partial charge < -0.3 is 10.6 Å². The van der Waals surface area contributed by atoms with Crippen LogP contribution in [-0.2, 0) is 13.0 Å². The van der Waals surface area contributed by atoms with E-state index in [1.165, 1.54) is 5.56 Å². The molecule has 0 spiro atoms. The van der Waals surface area contributed by atoms with Crippen molar-refractivity contribution in [1.29, 1.82) is 0 Å². The summed E-state index contributed by atoms with van der Waals surface area (Å²) in [6.45, 7) is 2.02. The van der Waals surface area contributed by atoms with Crippen molar-refractivity contribution in [2.24, 2.45) is 11.7 Å². The highest BCUT2D eigenvalue weighted by molar-refractivity contribution is 5.94. The van der Waals surface area contributed by atoms with Crippen molar-refractivity contribution in [1.82, 2.24) is 9.88 Å². The van der Waals surface area contributed by atoms with Crippen molar-refractivity contribution in [2.45, 2.75) is 25.8 Å². The maximum atomic E-state index is 12.6. The van der Waals surface area contributed by atoms with Crippen LogP contribution in [0, 0.1) is 5.92 Å². The molecule has 1 aromatic carbocycles. The molecule has 23 heavy (non-hydrogen) atoms. The molecular weight excluding hydrogens is 286 g/mol. The molecule has 1 amide bonds. The standard InChI is InChI=1S/C19H23N3O/c20-14-18-13-17(6-9-21-18)19(23)22-10-7-16(8-11-22)12-15-4-2-1-3-5-15/h1-6,9,13,16H,7-8,10-12,14,20H2. The molecule has 4 nitrogen and oxygen atoms in total. The Hall–Kier alpha value is -2.20. The quantitative estimate of drug-likeness (QED) is 0.944. The lowest BCUT2D eigenvalue weighted by Crippen LogP contribution is -2.39. The number of aromatic nitrogens is 1. The second-order valence-corrected chi connectivity index (χ2v) is 6.17. The van der Waals surface area contributed by atoms with Gasteiger partial charge in [0, 0.05) is 31.4 Å². The van der Waals surface area contributed by atoms with Gasteiger partial charge in [-0.25, -0.2) is 0 Å². The maximum Gasteiger partial charge on any atom is 0.253 e. The topological polar surface area (TPSA) is 59.2 Å². The SMILES string of the molecule is NCc1cc(C(=O)N2CCC(Cc3ccccc3)CC2)ccn1. The van der Waals surface area contributed by atoms with E-state index in [-0.39, 0.29) is 5.91 Å². The van der Waals surface area contributed by atoms with Crippen LogP contribution in [0.4, 0.5) is 0 Å². The van der Waals surface area contributed by atoms with Gasteiger partial charge in [-0.05, 0) is 42.9 Å². The second kappa shape index (κ2) is 7.38. The summed E-state index contributed by atoms with van der Waals surface area (Å²) in [5.74, 6) is 0.763. The van der Waals surface area contributed by atoms with Gasteiger partial charge in [0.15, 0.2) is 0 Å². The van der Waals surface area contributed by atoms with Gasteiger partial charge in [0.05, 0.1) is 5.69 Å². The van der Waals surface area contributed by atoms with E-state index in [0.29, 0.717) is 18.0 Å². The molecule has 1 fully saturated rings. The van der Waals surface area contributed by atoms with Crippen LogP contribution in [0.15, 0.2) is 48.7 Å². The number of amides is 1. The number of nitrogens with zero attached hydrogens (tertiary/aromatic N) is 2. The Bertz CT molecular complexity index is 649. The molecular formula is C19H23N3O. The highest BCUT2D eigenvalue weighted by Gasteiger charge is 2.23. The van der Waals surface area contributed by atoms with E-state index < -0.39 is 0 Å². The van der Waals surface area contributed by atoms with Gasteiger partial charge in [0.2, 0.25) is 0 Å². The molecule has 0 atom stereocenters. The Labute approximate surface area is 137 Å². The van der Waals surface area contributed by atoms with Crippen LogP contribution >= 0.6 is 0 Å². The first-order chi connectivity index (χ1) is 11.3. The maximum absolute atomic E-state index is 12.6. The molecule has 0 aliphatic carbocycles. The van der Waals surface area contributed by atoms with Crippen molar-refractivity contribution < 1.29 is 4.79 Å². The molecule has 1 aliphatic heterocycles. The largest absolute Gasteiger partial charge is 0.339 e. The van der Waals surface area contributed by atoms with Crippen molar-refractivity contribution in [2.75, 3.05) is 13.1 Å². The van der Waals surface area contributed by atoms with E-state index >= 15 is 0 Å². The van der Waals surface area contributed by atoms with Crippen LogP contribution < -0.4 is 5.73 Å². The summed E-state index contributed by atoms with van der Waals surface area (Å²) >= 11 is 0. The van der Waals surface area contributed by atoms with Crippen molar-refractivity contribution >= 4 is 5.91 Å². The zero-order chi connectivity index (χ0) is 16.1. The zero-order valence-electron chi connectivity index (χ0n) is 13.3. The van der Waals surface area contributed by atoms with E-state index in [0.717, 1.165) is 38.0 Å². The summed E-state index contributed by atoms with van der Waals surface area (Å²) in [7, 11) is 0. The van der Waals surface area contributed by atoms with Crippen LogP contribution in [-0.4, -0.2) is 28.9 Å². The van der Waals surface area contributed by atoms with E-state index in [9.17, 15) is 4.79 Å². The average Bonchev–Trinajstić information content (AvgIpc) is 2.63. The van der Waals surface area contributed by atoms with Gasteiger partial charge in [0.1, 0.15) is 0 Å². The lowest BCUT2D eigenvalue weighted by atomic mass is 9.90. The minimum absolute atomic E-state index is 0.0975. The molecule has 3 rings (SSSR count). The molecule has 4 heteroatoms. The molecule has 0 saturated carbocycles. The summed E-state index contributed by atoms with van der Waals surface area (Å²) in [5.41, 5.74) is 8.44. The number of piperidine rings is 1. The van der Waals surface area contributed by atoms with E-state index in [4.69, 9.17) is 5.73 Å². The molecule has 120 valence electrons. The first kappa shape index (κ1) is 15.7. The van der Waals surface area contributed by atoms with E-state index in [2.05, 4.69) is 35.3 Å². The number of likely N-dealkylation sites (tertiary alicyclic amines) is 1. The number of hydrogen-bond acceptors (Lipinski definition) is 3. The Balaban J connectivity index is 1.57. The third-order valence-corrected chi connectivity index (χ3v) is 4.54. The Morgan fingerprint density at radius 3 is 2.61 bits per heavy atom. The molecule has 0 unspecified atom stereocenters. The van der Waals surface area contributed by atoms with Gasteiger partial charge in [0.25, 0.3) is 5.91 Å². The van der Waals surface area contributed by atoms with Crippen LogP contribution in [0.1, 0.15) is 34.5 Å². The van der Waals surface area contributed by atoms with Crippen LogP contribution in [0.5, 0.6) is 0 Å². The average molecular weight is 309 g/mol. The van der Waals surface area contributed by atoms with Crippen molar-refractivity contribution in [3.05, 3.63) is 65.5 Å². The Kier molecular flexibility index (Phi) is 5.03. The van der Waals surface area contributed by atoms with Crippen LogP contribution in [0.25, 0.3) is 0 Å². The smallest absolute Gasteiger partial charge is 0.253 e. The first-order valence-corrected chi connectivity index (χ1v) is 8.24. The first-order valence-electron chi connectivity index (χ1n) is 8.24. The van der Waals surface area contributed by atoms with Crippen LogP contribution in [0.2, 0.25) is 0 Å². The van der Waals surface area contributed by atoms with E-state index in [1.54, 1.807) is 18.3 Å². The monoisotopic (exact) mass is 309 g/mol. The van der Waals surface area contributed by atoms with Crippen molar-refractivity contribution in [3.63, 3.8) is 0 Å². The van der Waals surface area contributed by atoms with Gasteiger partial charge in [-0.15, -0.1) is 0 Å².